The van der Waals surface area contributed by atoms with E-state index in [2.05, 4.69) is 21.4 Å². The Hall–Kier alpha value is -2.44. The molecule has 0 spiro atoms. The average Bonchev–Trinajstić information content (AvgIpc) is 2.70. The summed E-state index contributed by atoms with van der Waals surface area (Å²) >= 11 is 1.67. The molecule has 3 rings (SSSR count). The third kappa shape index (κ3) is 5.05. The summed E-state index contributed by atoms with van der Waals surface area (Å²) in [5.41, 5.74) is 7.55. The maximum Gasteiger partial charge on any atom is 0.239 e. The molecule has 1 aromatic carbocycles. The number of hydrogen-bond donors (Lipinski definition) is 2. The second-order valence-corrected chi connectivity index (χ2v) is 7.61. The van der Waals surface area contributed by atoms with Crippen LogP contribution in [0.25, 0.3) is 0 Å². The van der Waals surface area contributed by atoms with Crippen molar-refractivity contribution in [3.63, 3.8) is 0 Å². The van der Waals surface area contributed by atoms with Gasteiger partial charge in [-0.2, -0.15) is 0 Å². The molecule has 0 fully saturated rings. The number of aliphatic imine (C=N–C) groups is 1. The van der Waals surface area contributed by atoms with Gasteiger partial charge in [0.05, 0.1) is 0 Å². The number of thioether (sulfide) groups is 1. The van der Waals surface area contributed by atoms with Gasteiger partial charge >= 0.3 is 0 Å². The second-order valence-electron chi connectivity index (χ2n) is 6.73. The topological polar surface area (TPSA) is 80.4 Å². The lowest BCUT2D eigenvalue weighted by Gasteiger charge is -2.32. The minimum atomic E-state index is -0.533. The summed E-state index contributed by atoms with van der Waals surface area (Å²) in [6.07, 6.45) is 12.4. The highest BCUT2D eigenvalue weighted by molar-refractivity contribution is 7.98. The number of carbonyl (C=O) groups is 1. The highest BCUT2D eigenvalue weighted by atomic mass is 32.2. The van der Waals surface area contributed by atoms with Crippen LogP contribution in [0.15, 0.2) is 70.8 Å². The number of primary amides is 1. The predicted molar refractivity (Wildman–Crippen MR) is 111 cm³/mol. The summed E-state index contributed by atoms with van der Waals surface area (Å²) in [5, 5.41) is 3.38. The standard InChI is InChI=1S/C21H24N4OS/c1-27-18-5-3-17(4-6-18)19(20(22)26)25-15-21(9-2-10-24-14-21)13-16-7-11-23-12-8-16/h2-12,19,25H,13-15H2,1H3,(H2,22,26). The first-order chi connectivity index (χ1) is 13.1. The van der Waals surface area contributed by atoms with Gasteiger partial charge in [0.2, 0.25) is 5.91 Å². The summed E-state index contributed by atoms with van der Waals surface area (Å²) in [4.78, 5) is 21.8. The van der Waals surface area contributed by atoms with Gasteiger partial charge in [-0.05, 0) is 54.1 Å². The fraction of sp³-hybridized carbons (Fsp3) is 0.286. The number of rotatable bonds is 8. The zero-order valence-electron chi connectivity index (χ0n) is 15.3. The van der Waals surface area contributed by atoms with Crippen LogP contribution < -0.4 is 11.1 Å². The van der Waals surface area contributed by atoms with Crippen molar-refractivity contribution in [2.24, 2.45) is 16.1 Å². The van der Waals surface area contributed by atoms with Gasteiger partial charge in [-0.25, -0.2) is 0 Å². The van der Waals surface area contributed by atoms with Crippen LogP contribution in [0.5, 0.6) is 0 Å². The second kappa shape index (κ2) is 8.97. The van der Waals surface area contributed by atoms with E-state index < -0.39 is 6.04 Å². The molecular weight excluding hydrogens is 356 g/mol. The Kier molecular flexibility index (Phi) is 6.42. The Morgan fingerprint density at radius 1 is 1.26 bits per heavy atom. The van der Waals surface area contributed by atoms with E-state index in [-0.39, 0.29) is 11.3 Å². The molecule has 0 bridgehead atoms. The van der Waals surface area contributed by atoms with Crippen molar-refractivity contribution in [3.8, 4) is 0 Å². The molecule has 5 nitrogen and oxygen atoms in total. The molecule has 1 aliphatic rings. The Morgan fingerprint density at radius 3 is 2.59 bits per heavy atom. The lowest BCUT2D eigenvalue weighted by Crippen LogP contribution is -2.43. The highest BCUT2D eigenvalue weighted by Gasteiger charge is 2.30. The fourth-order valence-corrected chi connectivity index (χ4v) is 3.69. The van der Waals surface area contributed by atoms with E-state index in [9.17, 15) is 4.79 Å². The van der Waals surface area contributed by atoms with Gasteiger partial charge in [0.25, 0.3) is 0 Å². The van der Waals surface area contributed by atoms with Crippen LogP contribution in [-0.2, 0) is 11.2 Å². The molecule has 1 aromatic heterocycles. The number of aromatic nitrogens is 1. The van der Waals surface area contributed by atoms with Gasteiger partial charge in [0.15, 0.2) is 0 Å². The van der Waals surface area contributed by atoms with Gasteiger partial charge < -0.3 is 11.1 Å². The van der Waals surface area contributed by atoms with E-state index in [0.717, 1.165) is 16.9 Å². The Labute approximate surface area is 164 Å². The molecule has 2 aromatic rings. The fourth-order valence-electron chi connectivity index (χ4n) is 3.28. The SMILES string of the molecule is CSc1ccc(C(NCC2(Cc3ccncc3)C=CC=NC2)C(N)=O)cc1. The monoisotopic (exact) mass is 380 g/mol. The van der Waals surface area contributed by atoms with Gasteiger partial charge in [-0.1, -0.05) is 18.2 Å². The molecule has 1 aliphatic heterocycles. The normalized spacial score (nSPS) is 19.7. The summed E-state index contributed by atoms with van der Waals surface area (Å²) in [7, 11) is 0. The van der Waals surface area contributed by atoms with Crippen molar-refractivity contribution in [2.45, 2.75) is 17.4 Å². The molecule has 3 N–H and O–H groups in total. The van der Waals surface area contributed by atoms with E-state index in [4.69, 9.17) is 5.73 Å². The molecule has 1 amide bonds. The van der Waals surface area contributed by atoms with Gasteiger partial charge in [0, 0.05) is 42.0 Å². The smallest absolute Gasteiger partial charge is 0.239 e. The minimum Gasteiger partial charge on any atom is -0.368 e. The molecule has 0 saturated heterocycles. The predicted octanol–water partition coefficient (Wildman–Crippen LogP) is 2.79. The molecule has 2 heterocycles. The van der Waals surface area contributed by atoms with Gasteiger partial charge in [-0.3, -0.25) is 14.8 Å². The first-order valence-electron chi connectivity index (χ1n) is 8.85. The Morgan fingerprint density at radius 2 is 2.00 bits per heavy atom. The number of allylic oxidation sites excluding steroid dienone is 1. The van der Waals surface area contributed by atoms with Crippen molar-refractivity contribution in [2.75, 3.05) is 19.3 Å². The summed E-state index contributed by atoms with van der Waals surface area (Å²) in [6.45, 7) is 1.26. The number of amides is 1. The number of carbonyl (C=O) groups excluding carboxylic acids is 1. The van der Waals surface area contributed by atoms with Crippen LogP contribution >= 0.6 is 11.8 Å². The van der Waals surface area contributed by atoms with Crippen molar-refractivity contribution in [1.82, 2.24) is 10.3 Å². The van der Waals surface area contributed by atoms with Crippen LogP contribution in [0.2, 0.25) is 0 Å². The third-order valence-electron chi connectivity index (χ3n) is 4.74. The van der Waals surface area contributed by atoms with Crippen molar-refractivity contribution in [1.29, 1.82) is 0 Å². The number of nitrogens with zero attached hydrogens (tertiary/aromatic N) is 2. The molecule has 27 heavy (non-hydrogen) atoms. The molecule has 2 atom stereocenters. The number of pyridine rings is 1. The number of hydrogen-bond acceptors (Lipinski definition) is 5. The quantitative estimate of drug-likeness (QED) is 0.690. The molecular formula is C21H24N4OS. The molecule has 0 radical (unpaired) electrons. The maximum absolute atomic E-state index is 12.1. The highest BCUT2D eigenvalue weighted by Crippen LogP contribution is 2.28. The third-order valence-corrected chi connectivity index (χ3v) is 5.49. The lowest BCUT2D eigenvalue weighted by molar-refractivity contribution is -0.120. The van der Waals surface area contributed by atoms with E-state index in [1.807, 2.05) is 54.9 Å². The van der Waals surface area contributed by atoms with E-state index in [0.29, 0.717) is 13.1 Å². The van der Waals surface area contributed by atoms with Crippen LogP contribution in [0.1, 0.15) is 17.2 Å². The van der Waals surface area contributed by atoms with E-state index >= 15 is 0 Å². The molecule has 140 valence electrons. The maximum atomic E-state index is 12.1. The number of nitrogens with two attached hydrogens (primary N) is 1. The Bertz CT molecular complexity index is 820. The summed E-state index contributed by atoms with van der Waals surface area (Å²) in [5.74, 6) is -0.380. The zero-order valence-corrected chi connectivity index (χ0v) is 16.2. The summed E-state index contributed by atoms with van der Waals surface area (Å²) < 4.78 is 0. The number of dihydropyridines is 1. The number of nitrogens with one attached hydrogen (secondary N) is 1. The molecule has 0 aliphatic carbocycles. The minimum absolute atomic E-state index is 0.205. The van der Waals surface area contributed by atoms with E-state index in [1.54, 1.807) is 24.2 Å². The first kappa shape index (κ1) is 19.3. The van der Waals surface area contributed by atoms with Crippen LogP contribution in [0, 0.1) is 5.41 Å². The molecule has 2 unspecified atom stereocenters. The van der Waals surface area contributed by atoms with Crippen LogP contribution in [-0.4, -0.2) is 36.5 Å². The van der Waals surface area contributed by atoms with Crippen LogP contribution in [0.3, 0.4) is 0 Å². The summed E-state index contributed by atoms with van der Waals surface area (Å²) in [6, 6.07) is 11.4. The van der Waals surface area contributed by atoms with Crippen molar-refractivity contribution >= 4 is 23.9 Å². The first-order valence-corrected chi connectivity index (χ1v) is 10.1. The Balaban J connectivity index is 1.77. The molecule has 6 heteroatoms. The molecule has 0 saturated carbocycles. The van der Waals surface area contributed by atoms with Gasteiger partial charge in [-0.15, -0.1) is 11.8 Å². The lowest BCUT2D eigenvalue weighted by atomic mass is 9.80. The van der Waals surface area contributed by atoms with E-state index in [1.165, 1.54) is 5.56 Å². The largest absolute Gasteiger partial charge is 0.368 e. The average molecular weight is 381 g/mol. The number of benzene rings is 1. The van der Waals surface area contributed by atoms with Crippen LogP contribution in [0.4, 0.5) is 0 Å². The van der Waals surface area contributed by atoms with Gasteiger partial charge in [0.1, 0.15) is 6.04 Å². The zero-order chi connectivity index (χ0) is 19.1. The van der Waals surface area contributed by atoms with Crippen molar-refractivity contribution < 1.29 is 4.79 Å². The van der Waals surface area contributed by atoms with Crippen molar-refractivity contribution in [3.05, 3.63) is 72.1 Å².